The first-order valence-corrected chi connectivity index (χ1v) is 10.1. The molecule has 0 radical (unpaired) electrons. The highest BCUT2D eigenvalue weighted by Gasteiger charge is 2.21. The van der Waals surface area contributed by atoms with Gasteiger partial charge >= 0.3 is 0 Å². The van der Waals surface area contributed by atoms with E-state index in [1.54, 1.807) is 29.2 Å². The first kappa shape index (κ1) is 20.6. The molecule has 0 heterocycles. The highest BCUT2D eigenvalue weighted by Crippen LogP contribution is 2.17. The molecule has 0 saturated carbocycles. The number of sulfonamides is 1. The van der Waals surface area contributed by atoms with E-state index in [4.69, 9.17) is 0 Å². The van der Waals surface area contributed by atoms with Crippen molar-refractivity contribution in [3.8, 4) is 0 Å². The molecule has 0 N–H and O–H groups in total. The Labute approximate surface area is 146 Å². The Balaban J connectivity index is 2.74. The molecule has 136 valence electrons. The van der Waals surface area contributed by atoms with E-state index >= 15 is 0 Å². The van der Waals surface area contributed by atoms with Crippen LogP contribution in [0.2, 0.25) is 0 Å². The van der Waals surface area contributed by atoms with Crippen LogP contribution in [0.15, 0.2) is 29.2 Å². The molecule has 0 aliphatic carbocycles. The lowest BCUT2D eigenvalue weighted by molar-refractivity contribution is -0.131. The number of aryl methyl sites for hydroxylation is 1. The maximum absolute atomic E-state index is 12.4. The highest BCUT2D eigenvalue weighted by molar-refractivity contribution is 7.89. The Morgan fingerprint density at radius 2 is 1.62 bits per heavy atom. The van der Waals surface area contributed by atoms with Crippen molar-refractivity contribution in [2.45, 2.75) is 57.9 Å². The Morgan fingerprint density at radius 1 is 1.08 bits per heavy atom. The van der Waals surface area contributed by atoms with Gasteiger partial charge in [-0.05, 0) is 37.5 Å². The number of hydrogen-bond donors (Lipinski definition) is 0. The number of carbonyl (C=O) groups excluding carboxylic acids is 1. The Morgan fingerprint density at radius 3 is 2.08 bits per heavy atom. The fourth-order valence-corrected chi connectivity index (χ4v) is 3.95. The van der Waals surface area contributed by atoms with E-state index in [9.17, 15) is 13.2 Å². The number of hydrogen-bond acceptors (Lipinski definition) is 3. The highest BCUT2D eigenvalue weighted by atomic mass is 32.2. The van der Waals surface area contributed by atoms with Crippen LogP contribution in [0.3, 0.4) is 0 Å². The average molecular weight is 355 g/mol. The van der Waals surface area contributed by atoms with Crippen LogP contribution >= 0.6 is 0 Å². The Kier molecular flexibility index (Phi) is 7.90. The van der Waals surface area contributed by atoms with Gasteiger partial charge in [0.1, 0.15) is 0 Å². The molecule has 24 heavy (non-hydrogen) atoms. The fourth-order valence-electron chi connectivity index (χ4n) is 2.49. The zero-order valence-electron chi connectivity index (χ0n) is 15.4. The largest absolute Gasteiger partial charge is 0.343 e. The van der Waals surface area contributed by atoms with Crippen molar-refractivity contribution in [1.29, 1.82) is 0 Å². The summed E-state index contributed by atoms with van der Waals surface area (Å²) in [5.74, 6) is 0.115. The minimum atomic E-state index is -3.42. The minimum absolute atomic E-state index is 0.115. The molecular weight excluding hydrogens is 324 g/mol. The zero-order valence-corrected chi connectivity index (χ0v) is 16.3. The number of amides is 1. The van der Waals surface area contributed by atoms with Crippen molar-refractivity contribution in [1.82, 2.24) is 9.21 Å². The van der Waals surface area contributed by atoms with Crippen LogP contribution < -0.4 is 0 Å². The maximum Gasteiger partial charge on any atom is 0.243 e. The summed E-state index contributed by atoms with van der Waals surface area (Å²) in [6.07, 6.45) is 1.98. The summed E-state index contributed by atoms with van der Waals surface area (Å²) in [7, 11) is -1.59. The third kappa shape index (κ3) is 5.05. The third-order valence-corrected chi connectivity index (χ3v) is 6.60. The van der Waals surface area contributed by atoms with Crippen molar-refractivity contribution < 1.29 is 13.2 Å². The molecule has 1 unspecified atom stereocenters. The van der Waals surface area contributed by atoms with Gasteiger partial charge in [-0.15, -0.1) is 0 Å². The van der Waals surface area contributed by atoms with Crippen LogP contribution in [-0.2, 0) is 21.2 Å². The predicted molar refractivity (Wildman–Crippen MR) is 97.4 cm³/mol. The van der Waals surface area contributed by atoms with E-state index in [1.165, 1.54) is 4.31 Å². The summed E-state index contributed by atoms with van der Waals surface area (Å²) in [5, 5.41) is 0. The first-order valence-electron chi connectivity index (χ1n) is 8.62. The lowest BCUT2D eigenvalue weighted by Crippen LogP contribution is -2.34. The van der Waals surface area contributed by atoms with E-state index in [0.717, 1.165) is 12.0 Å². The molecule has 1 aromatic carbocycles. The quantitative estimate of drug-likeness (QED) is 0.685. The standard InChI is InChI=1S/C18H30N2O3S/c1-6-15(4)19(5)18(21)14-11-16-9-12-17(13-10-16)24(22,23)20(7-2)8-3/h9-10,12-13,15H,6-8,11,14H2,1-5H3. The second-order valence-electron chi connectivity index (χ2n) is 6.00. The second-order valence-corrected chi connectivity index (χ2v) is 7.93. The molecule has 0 aliphatic heterocycles. The van der Waals surface area contributed by atoms with Gasteiger partial charge < -0.3 is 4.90 Å². The topological polar surface area (TPSA) is 57.7 Å². The molecule has 0 saturated heterocycles. The molecule has 0 fully saturated rings. The molecule has 1 amide bonds. The molecule has 1 atom stereocenters. The van der Waals surface area contributed by atoms with Gasteiger partial charge in [0.05, 0.1) is 4.90 Å². The molecule has 5 nitrogen and oxygen atoms in total. The van der Waals surface area contributed by atoms with E-state index < -0.39 is 10.0 Å². The number of benzene rings is 1. The van der Waals surface area contributed by atoms with Crippen LogP contribution in [0.5, 0.6) is 0 Å². The van der Waals surface area contributed by atoms with Gasteiger partial charge in [0, 0.05) is 32.6 Å². The molecule has 0 aromatic heterocycles. The average Bonchev–Trinajstić information content (AvgIpc) is 2.59. The van der Waals surface area contributed by atoms with Crippen molar-refractivity contribution in [2.24, 2.45) is 0 Å². The molecule has 1 aromatic rings. The summed E-state index contributed by atoms with van der Waals surface area (Å²) >= 11 is 0. The predicted octanol–water partition coefficient (Wildman–Crippen LogP) is 2.91. The lowest BCUT2D eigenvalue weighted by atomic mass is 10.1. The smallest absolute Gasteiger partial charge is 0.243 e. The van der Waals surface area contributed by atoms with E-state index in [0.29, 0.717) is 30.8 Å². The van der Waals surface area contributed by atoms with E-state index in [2.05, 4.69) is 6.92 Å². The summed E-state index contributed by atoms with van der Waals surface area (Å²) < 4.78 is 26.3. The summed E-state index contributed by atoms with van der Waals surface area (Å²) in [6, 6.07) is 7.09. The molecule has 0 bridgehead atoms. The van der Waals surface area contributed by atoms with Crippen LogP contribution in [-0.4, -0.2) is 49.7 Å². The van der Waals surface area contributed by atoms with Crippen LogP contribution in [0.25, 0.3) is 0 Å². The van der Waals surface area contributed by atoms with Crippen LogP contribution in [0.4, 0.5) is 0 Å². The minimum Gasteiger partial charge on any atom is -0.343 e. The van der Waals surface area contributed by atoms with Gasteiger partial charge in [-0.25, -0.2) is 8.42 Å². The first-order chi connectivity index (χ1) is 11.3. The van der Waals surface area contributed by atoms with E-state index in [1.807, 2.05) is 27.8 Å². The fraction of sp³-hybridized carbons (Fsp3) is 0.611. The van der Waals surface area contributed by atoms with Crippen LogP contribution in [0, 0.1) is 0 Å². The maximum atomic E-state index is 12.4. The number of carbonyl (C=O) groups is 1. The van der Waals surface area contributed by atoms with Gasteiger partial charge in [0.25, 0.3) is 0 Å². The van der Waals surface area contributed by atoms with Crippen LogP contribution in [0.1, 0.15) is 46.1 Å². The summed E-state index contributed by atoms with van der Waals surface area (Å²) in [5.41, 5.74) is 0.972. The Bertz CT molecular complexity index is 622. The number of nitrogens with zero attached hydrogens (tertiary/aromatic N) is 2. The van der Waals surface area contributed by atoms with Crippen molar-refractivity contribution in [3.05, 3.63) is 29.8 Å². The lowest BCUT2D eigenvalue weighted by Gasteiger charge is -2.23. The second kappa shape index (κ2) is 9.18. The zero-order chi connectivity index (χ0) is 18.3. The van der Waals surface area contributed by atoms with Crippen molar-refractivity contribution in [2.75, 3.05) is 20.1 Å². The SMILES string of the molecule is CCC(C)N(C)C(=O)CCc1ccc(S(=O)(=O)N(CC)CC)cc1. The monoisotopic (exact) mass is 354 g/mol. The summed E-state index contributed by atoms with van der Waals surface area (Å²) in [6.45, 7) is 8.66. The van der Waals surface area contributed by atoms with Crippen molar-refractivity contribution in [3.63, 3.8) is 0 Å². The van der Waals surface area contributed by atoms with E-state index in [-0.39, 0.29) is 11.9 Å². The van der Waals surface area contributed by atoms with Gasteiger partial charge in [-0.1, -0.05) is 32.9 Å². The molecule has 6 heteroatoms. The normalized spacial score (nSPS) is 13.1. The van der Waals surface area contributed by atoms with Gasteiger partial charge in [0.15, 0.2) is 0 Å². The van der Waals surface area contributed by atoms with Gasteiger partial charge in [-0.3, -0.25) is 4.79 Å². The van der Waals surface area contributed by atoms with Crippen molar-refractivity contribution >= 4 is 15.9 Å². The molecule has 0 aliphatic rings. The molecule has 1 rings (SSSR count). The Hall–Kier alpha value is -1.40. The van der Waals surface area contributed by atoms with Gasteiger partial charge in [-0.2, -0.15) is 4.31 Å². The number of rotatable bonds is 9. The van der Waals surface area contributed by atoms with Gasteiger partial charge in [0.2, 0.25) is 15.9 Å². The molecule has 0 spiro atoms. The molecular formula is C18H30N2O3S. The third-order valence-electron chi connectivity index (χ3n) is 4.54. The summed E-state index contributed by atoms with van der Waals surface area (Å²) in [4.78, 5) is 14.2.